The number of likely N-dealkylation sites (tertiary alicyclic amines) is 1. The molecule has 0 bridgehead atoms. The molecule has 1 aliphatic rings. The first-order valence-corrected chi connectivity index (χ1v) is 5.44. The monoisotopic (exact) mass is 183 g/mol. The number of carbonyl (C=O) groups excluding carboxylic acids is 1. The Morgan fingerprint density at radius 3 is 2.46 bits per heavy atom. The number of ketones is 1. The molecule has 0 aromatic heterocycles. The van der Waals surface area contributed by atoms with E-state index >= 15 is 0 Å². The summed E-state index contributed by atoms with van der Waals surface area (Å²) < 4.78 is 0. The summed E-state index contributed by atoms with van der Waals surface area (Å²) in [6.07, 6.45) is 5.26. The van der Waals surface area contributed by atoms with Crippen LogP contribution in [0.25, 0.3) is 0 Å². The summed E-state index contributed by atoms with van der Waals surface area (Å²) in [5.41, 5.74) is 0. The lowest BCUT2D eigenvalue weighted by Crippen LogP contribution is -2.36. The van der Waals surface area contributed by atoms with Gasteiger partial charge in [0.15, 0.2) is 0 Å². The zero-order chi connectivity index (χ0) is 9.68. The Bertz CT molecular complexity index is 159. The van der Waals surface area contributed by atoms with E-state index in [0.29, 0.717) is 12.3 Å². The van der Waals surface area contributed by atoms with E-state index in [2.05, 4.69) is 11.8 Å². The van der Waals surface area contributed by atoms with Crippen molar-refractivity contribution in [1.29, 1.82) is 0 Å². The summed E-state index contributed by atoms with van der Waals surface area (Å²) in [4.78, 5) is 13.2. The van der Waals surface area contributed by atoms with Gasteiger partial charge in [0.05, 0.1) is 6.54 Å². The third-order valence-electron chi connectivity index (χ3n) is 2.85. The van der Waals surface area contributed by atoms with Crippen molar-refractivity contribution in [3.8, 4) is 0 Å². The molecule has 13 heavy (non-hydrogen) atoms. The van der Waals surface area contributed by atoms with Crippen LogP contribution < -0.4 is 0 Å². The fourth-order valence-corrected chi connectivity index (χ4v) is 2.16. The molecule has 2 nitrogen and oxygen atoms in total. The average molecular weight is 183 g/mol. The van der Waals surface area contributed by atoms with Gasteiger partial charge in [0.1, 0.15) is 5.78 Å². The van der Waals surface area contributed by atoms with Crippen molar-refractivity contribution in [2.24, 2.45) is 5.92 Å². The molecular weight excluding hydrogens is 162 g/mol. The first-order chi connectivity index (χ1) is 6.22. The lowest BCUT2D eigenvalue weighted by molar-refractivity contribution is -0.118. The van der Waals surface area contributed by atoms with E-state index in [1.807, 2.05) is 0 Å². The standard InChI is InChI=1S/C11H21NO/c1-3-4-11-5-7-12(8-6-11)9-10(2)13/h11H,3-9H2,1-2H3. The van der Waals surface area contributed by atoms with Gasteiger partial charge in [-0.2, -0.15) is 0 Å². The average Bonchev–Trinajstić information content (AvgIpc) is 2.08. The first-order valence-electron chi connectivity index (χ1n) is 5.44. The normalized spacial score (nSPS) is 20.5. The van der Waals surface area contributed by atoms with Gasteiger partial charge in [0.25, 0.3) is 0 Å². The number of carbonyl (C=O) groups is 1. The van der Waals surface area contributed by atoms with Crippen LogP contribution in [0.5, 0.6) is 0 Å². The van der Waals surface area contributed by atoms with Gasteiger partial charge in [-0.25, -0.2) is 0 Å². The number of hydrogen-bond donors (Lipinski definition) is 0. The number of Topliss-reactive ketones (excluding diaryl/α,β-unsaturated/α-hetero) is 1. The molecule has 2 heteroatoms. The fourth-order valence-electron chi connectivity index (χ4n) is 2.16. The van der Waals surface area contributed by atoms with Crippen LogP contribution in [0.15, 0.2) is 0 Å². The predicted molar refractivity (Wildman–Crippen MR) is 54.8 cm³/mol. The van der Waals surface area contributed by atoms with Crippen LogP contribution >= 0.6 is 0 Å². The molecule has 0 aliphatic carbocycles. The van der Waals surface area contributed by atoms with Gasteiger partial charge in [-0.3, -0.25) is 9.69 Å². The number of nitrogens with zero attached hydrogens (tertiary/aromatic N) is 1. The summed E-state index contributed by atoms with van der Waals surface area (Å²) in [5.74, 6) is 1.22. The van der Waals surface area contributed by atoms with E-state index < -0.39 is 0 Å². The molecule has 1 rings (SSSR count). The molecule has 1 fully saturated rings. The van der Waals surface area contributed by atoms with Crippen LogP contribution in [-0.2, 0) is 4.79 Å². The van der Waals surface area contributed by atoms with Crippen molar-refractivity contribution in [3.05, 3.63) is 0 Å². The van der Waals surface area contributed by atoms with Crippen molar-refractivity contribution in [1.82, 2.24) is 4.90 Å². The fraction of sp³-hybridized carbons (Fsp3) is 0.909. The van der Waals surface area contributed by atoms with Crippen molar-refractivity contribution in [2.75, 3.05) is 19.6 Å². The predicted octanol–water partition coefficient (Wildman–Crippen LogP) is 2.09. The molecule has 0 N–H and O–H groups in total. The summed E-state index contributed by atoms with van der Waals surface area (Å²) >= 11 is 0. The smallest absolute Gasteiger partial charge is 0.143 e. The van der Waals surface area contributed by atoms with Gasteiger partial charge >= 0.3 is 0 Å². The number of piperidine rings is 1. The topological polar surface area (TPSA) is 20.3 Å². The van der Waals surface area contributed by atoms with E-state index in [1.54, 1.807) is 6.92 Å². The minimum Gasteiger partial charge on any atom is -0.299 e. The Kier molecular flexibility index (Phi) is 4.43. The number of hydrogen-bond acceptors (Lipinski definition) is 2. The second kappa shape index (κ2) is 5.38. The molecule has 0 unspecified atom stereocenters. The van der Waals surface area contributed by atoms with Gasteiger partial charge in [0, 0.05) is 0 Å². The minimum absolute atomic E-state index is 0.300. The highest BCUT2D eigenvalue weighted by atomic mass is 16.1. The summed E-state index contributed by atoms with van der Waals surface area (Å²) in [5, 5.41) is 0. The van der Waals surface area contributed by atoms with Gasteiger partial charge in [-0.15, -0.1) is 0 Å². The van der Waals surface area contributed by atoms with Gasteiger partial charge in [0.2, 0.25) is 0 Å². The van der Waals surface area contributed by atoms with Crippen LogP contribution in [0, 0.1) is 5.92 Å². The molecule has 0 aromatic carbocycles. The molecule has 1 heterocycles. The van der Waals surface area contributed by atoms with Crippen LogP contribution in [0.1, 0.15) is 39.5 Å². The first kappa shape index (κ1) is 10.7. The Labute approximate surface area is 81.3 Å². The maximum Gasteiger partial charge on any atom is 0.143 e. The zero-order valence-corrected chi connectivity index (χ0v) is 8.88. The van der Waals surface area contributed by atoms with E-state index in [4.69, 9.17) is 0 Å². The molecular formula is C11H21NO. The van der Waals surface area contributed by atoms with Crippen LogP contribution in [0.4, 0.5) is 0 Å². The van der Waals surface area contributed by atoms with E-state index in [0.717, 1.165) is 19.0 Å². The molecule has 1 aliphatic heterocycles. The molecule has 76 valence electrons. The lowest BCUT2D eigenvalue weighted by Gasteiger charge is -2.30. The highest BCUT2D eigenvalue weighted by Gasteiger charge is 2.18. The third kappa shape index (κ3) is 3.90. The molecule has 0 aromatic rings. The highest BCUT2D eigenvalue weighted by Crippen LogP contribution is 2.21. The highest BCUT2D eigenvalue weighted by molar-refractivity contribution is 5.77. The van der Waals surface area contributed by atoms with Crippen LogP contribution in [0.3, 0.4) is 0 Å². The third-order valence-corrected chi connectivity index (χ3v) is 2.85. The minimum atomic E-state index is 0.300. The Hall–Kier alpha value is -0.370. The quantitative estimate of drug-likeness (QED) is 0.665. The van der Waals surface area contributed by atoms with Gasteiger partial charge in [-0.05, 0) is 38.8 Å². The van der Waals surface area contributed by atoms with Crippen LogP contribution in [-0.4, -0.2) is 30.3 Å². The summed E-state index contributed by atoms with van der Waals surface area (Å²) in [6, 6.07) is 0. The van der Waals surface area contributed by atoms with Gasteiger partial charge in [-0.1, -0.05) is 19.8 Å². The Morgan fingerprint density at radius 1 is 1.38 bits per heavy atom. The summed E-state index contributed by atoms with van der Waals surface area (Å²) in [7, 11) is 0. The molecule has 0 spiro atoms. The van der Waals surface area contributed by atoms with E-state index in [9.17, 15) is 4.79 Å². The maximum atomic E-state index is 10.9. The van der Waals surface area contributed by atoms with Crippen molar-refractivity contribution < 1.29 is 4.79 Å². The second-order valence-corrected chi connectivity index (χ2v) is 4.21. The van der Waals surface area contributed by atoms with Crippen molar-refractivity contribution >= 4 is 5.78 Å². The largest absolute Gasteiger partial charge is 0.299 e. The van der Waals surface area contributed by atoms with Crippen molar-refractivity contribution in [3.63, 3.8) is 0 Å². The van der Waals surface area contributed by atoms with Gasteiger partial charge < -0.3 is 0 Å². The summed E-state index contributed by atoms with van der Waals surface area (Å²) in [6.45, 7) is 6.85. The second-order valence-electron chi connectivity index (χ2n) is 4.21. The molecule has 0 radical (unpaired) electrons. The van der Waals surface area contributed by atoms with E-state index in [1.165, 1.54) is 25.7 Å². The maximum absolute atomic E-state index is 10.9. The molecule has 0 atom stereocenters. The molecule has 1 saturated heterocycles. The zero-order valence-electron chi connectivity index (χ0n) is 8.88. The van der Waals surface area contributed by atoms with Crippen molar-refractivity contribution in [2.45, 2.75) is 39.5 Å². The molecule has 0 amide bonds. The SMILES string of the molecule is CCCC1CCN(CC(C)=O)CC1. The Balaban J connectivity index is 2.18. The molecule has 0 saturated carbocycles. The lowest BCUT2D eigenvalue weighted by atomic mass is 9.92. The Morgan fingerprint density at radius 2 is 2.00 bits per heavy atom. The van der Waals surface area contributed by atoms with Crippen LogP contribution in [0.2, 0.25) is 0 Å². The van der Waals surface area contributed by atoms with E-state index in [-0.39, 0.29) is 0 Å². The number of rotatable bonds is 4.